The predicted molar refractivity (Wildman–Crippen MR) is 104 cm³/mol. The molecule has 0 radical (unpaired) electrons. The van der Waals surface area contributed by atoms with E-state index in [1.165, 1.54) is 6.20 Å². The van der Waals surface area contributed by atoms with E-state index in [1.807, 2.05) is 25.7 Å². The molecule has 2 unspecified atom stereocenters. The Labute approximate surface area is 162 Å². The summed E-state index contributed by atoms with van der Waals surface area (Å²) in [4.78, 5) is 30.6. The summed E-state index contributed by atoms with van der Waals surface area (Å²) in [7, 11) is 0. The highest BCUT2D eigenvalue weighted by atomic mass is 19.1. The summed E-state index contributed by atoms with van der Waals surface area (Å²) in [5.74, 6) is -1.11. The maximum absolute atomic E-state index is 15.0. The summed E-state index contributed by atoms with van der Waals surface area (Å²) in [5, 5.41) is 9.36. The Morgan fingerprint density at radius 1 is 1.29 bits per heavy atom. The number of rotatable bonds is 2. The quantitative estimate of drug-likeness (QED) is 0.818. The zero-order valence-electron chi connectivity index (χ0n) is 16.3. The fraction of sp³-hybridized carbons (Fsp3) is 0.550. The molecule has 1 saturated carbocycles. The maximum Gasteiger partial charge on any atom is 0.341 e. The first-order valence-electron chi connectivity index (χ1n) is 9.58. The van der Waals surface area contributed by atoms with Gasteiger partial charge < -0.3 is 20.3 Å². The number of halogens is 1. The molecule has 3 heterocycles. The van der Waals surface area contributed by atoms with E-state index in [-0.39, 0.29) is 17.2 Å². The lowest BCUT2D eigenvalue weighted by molar-refractivity contribution is 0.0694. The number of fused-ring (bicyclic) bond motifs is 3. The minimum Gasteiger partial charge on any atom is -0.477 e. The number of hydrogen-bond donors (Lipinski definition) is 2. The Bertz CT molecular complexity index is 1010. The van der Waals surface area contributed by atoms with Crippen LogP contribution in [0.15, 0.2) is 17.1 Å². The fourth-order valence-electron chi connectivity index (χ4n) is 4.54. The van der Waals surface area contributed by atoms with E-state index in [1.54, 1.807) is 4.57 Å². The first-order valence-corrected chi connectivity index (χ1v) is 9.58. The minimum atomic E-state index is -1.34. The third-order valence-corrected chi connectivity index (χ3v) is 6.07. The standard InChI is InChI=1S/C20H25FN4O3/c1-20(2,3)25-9-13(19(27)28)16(26)12-6-14(21)18(23-17(12)25)24-7-10-4-5-11(8-24)15(10)22/h6,9-11,15H,4-5,7-8,22H2,1-3H3,(H,27,28). The number of nitrogens with two attached hydrogens (primary N) is 1. The zero-order valence-corrected chi connectivity index (χ0v) is 16.3. The van der Waals surface area contributed by atoms with Crippen LogP contribution in [0.1, 0.15) is 44.0 Å². The lowest BCUT2D eigenvalue weighted by Gasteiger charge is -2.37. The number of aromatic carboxylic acids is 1. The molecule has 2 aliphatic rings. The van der Waals surface area contributed by atoms with Crippen molar-refractivity contribution in [2.75, 3.05) is 18.0 Å². The van der Waals surface area contributed by atoms with Gasteiger partial charge in [-0.1, -0.05) is 0 Å². The molecule has 0 amide bonds. The van der Waals surface area contributed by atoms with Crippen LogP contribution in [0.25, 0.3) is 11.0 Å². The van der Waals surface area contributed by atoms with Gasteiger partial charge in [0.15, 0.2) is 11.6 Å². The van der Waals surface area contributed by atoms with Crippen LogP contribution in [-0.2, 0) is 5.54 Å². The molecule has 2 aromatic rings. The van der Waals surface area contributed by atoms with Crippen molar-refractivity contribution >= 4 is 22.8 Å². The number of aromatic nitrogens is 2. The first-order chi connectivity index (χ1) is 13.1. The van der Waals surface area contributed by atoms with Crippen LogP contribution in [0, 0.1) is 17.7 Å². The Morgan fingerprint density at radius 3 is 2.43 bits per heavy atom. The Balaban J connectivity index is 1.92. The van der Waals surface area contributed by atoms with Crippen molar-refractivity contribution in [3.05, 3.63) is 33.9 Å². The number of hydrogen-bond acceptors (Lipinski definition) is 5. The van der Waals surface area contributed by atoms with Gasteiger partial charge in [-0.15, -0.1) is 0 Å². The second kappa shape index (κ2) is 6.27. The van der Waals surface area contributed by atoms with Crippen molar-refractivity contribution in [2.45, 2.75) is 45.2 Å². The number of nitrogens with zero attached hydrogens (tertiary/aromatic N) is 3. The Hall–Kier alpha value is -2.48. The molecule has 4 rings (SSSR count). The molecule has 150 valence electrons. The van der Waals surface area contributed by atoms with Gasteiger partial charge in [-0.05, 0) is 51.5 Å². The third kappa shape index (κ3) is 2.87. The third-order valence-electron chi connectivity index (χ3n) is 6.07. The smallest absolute Gasteiger partial charge is 0.341 e. The maximum atomic E-state index is 15.0. The summed E-state index contributed by atoms with van der Waals surface area (Å²) in [5.41, 5.74) is 4.90. The van der Waals surface area contributed by atoms with Crippen LogP contribution in [0.2, 0.25) is 0 Å². The number of piperidine rings is 1. The molecule has 2 fully saturated rings. The molecular formula is C20H25FN4O3. The van der Waals surface area contributed by atoms with Crippen LogP contribution in [-0.4, -0.2) is 39.8 Å². The first kappa shape index (κ1) is 18.9. The van der Waals surface area contributed by atoms with Crippen molar-refractivity contribution < 1.29 is 14.3 Å². The summed E-state index contributed by atoms with van der Waals surface area (Å²) in [6.45, 7) is 6.92. The number of carboxylic acids is 1. The van der Waals surface area contributed by atoms with Crippen molar-refractivity contribution in [1.82, 2.24) is 9.55 Å². The molecule has 28 heavy (non-hydrogen) atoms. The molecule has 2 bridgehead atoms. The number of carboxylic acid groups (broad SMARTS) is 1. The summed E-state index contributed by atoms with van der Waals surface area (Å²) < 4.78 is 16.6. The lowest BCUT2D eigenvalue weighted by Crippen LogP contribution is -2.49. The largest absolute Gasteiger partial charge is 0.477 e. The highest BCUT2D eigenvalue weighted by Gasteiger charge is 2.41. The molecule has 3 N–H and O–H groups in total. The minimum absolute atomic E-state index is 0.0206. The van der Waals surface area contributed by atoms with Gasteiger partial charge in [-0.25, -0.2) is 14.2 Å². The second-order valence-corrected chi connectivity index (χ2v) is 8.96. The van der Waals surface area contributed by atoms with Crippen LogP contribution < -0.4 is 16.1 Å². The van der Waals surface area contributed by atoms with E-state index >= 15 is 0 Å². The number of anilines is 1. The van der Waals surface area contributed by atoms with Crippen molar-refractivity contribution in [3.63, 3.8) is 0 Å². The van der Waals surface area contributed by atoms with Crippen LogP contribution >= 0.6 is 0 Å². The molecule has 2 atom stereocenters. The molecule has 0 spiro atoms. The van der Waals surface area contributed by atoms with E-state index in [2.05, 4.69) is 4.98 Å². The fourth-order valence-corrected chi connectivity index (χ4v) is 4.54. The highest BCUT2D eigenvalue weighted by Crippen LogP contribution is 2.38. The average Bonchev–Trinajstić information content (AvgIpc) is 2.81. The van der Waals surface area contributed by atoms with Gasteiger partial charge in [-0.2, -0.15) is 0 Å². The lowest BCUT2D eigenvalue weighted by atomic mass is 9.93. The molecule has 2 aromatic heterocycles. The Morgan fingerprint density at radius 2 is 1.89 bits per heavy atom. The Kier molecular flexibility index (Phi) is 4.22. The second-order valence-electron chi connectivity index (χ2n) is 8.96. The molecule has 0 aromatic carbocycles. The SMILES string of the molecule is CC(C)(C)n1cc(C(=O)O)c(=O)c2cc(F)c(N3CC4CCC(C3)C4N)nc21. The van der Waals surface area contributed by atoms with E-state index in [0.717, 1.165) is 18.9 Å². The van der Waals surface area contributed by atoms with Crippen LogP contribution in [0.5, 0.6) is 0 Å². The van der Waals surface area contributed by atoms with Crippen LogP contribution in [0.3, 0.4) is 0 Å². The molecular weight excluding hydrogens is 363 g/mol. The van der Waals surface area contributed by atoms with E-state index in [9.17, 15) is 19.1 Å². The van der Waals surface area contributed by atoms with Gasteiger partial charge in [0.25, 0.3) is 0 Å². The van der Waals surface area contributed by atoms with Crippen molar-refractivity contribution in [1.29, 1.82) is 0 Å². The van der Waals surface area contributed by atoms with E-state index in [4.69, 9.17) is 5.73 Å². The van der Waals surface area contributed by atoms with Gasteiger partial charge in [0.2, 0.25) is 5.43 Å². The summed E-state index contributed by atoms with van der Waals surface area (Å²) in [6, 6.07) is 1.27. The molecule has 1 aliphatic carbocycles. The average molecular weight is 388 g/mol. The van der Waals surface area contributed by atoms with E-state index < -0.39 is 28.3 Å². The number of carbonyl (C=O) groups is 1. The molecule has 8 heteroatoms. The van der Waals surface area contributed by atoms with Gasteiger partial charge in [0.05, 0.1) is 5.39 Å². The van der Waals surface area contributed by atoms with Gasteiger partial charge in [-0.3, -0.25) is 4.79 Å². The summed E-state index contributed by atoms with van der Waals surface area (Å²) >= 11 is 0. The number of pyridine rings is 2. The molecule has 1 saturated heterocycles. The van der Waals surface area contributed by atoms with Crippen LogP contribution in [0.4, 0.5) is 10.2 Å². The van der Waals surface area contributed by atoms with Crippen molar-refractivity contribution in [2.24, 2.45) is 17.6 Å². The summed E-state index contributed by atoms with van der Waals surface area (Å²) in [6.07, 6.45) is 3.37. The highest BCUT2D eigenvalue weighted by molar-refractivity contribution is 5.92. The zero-order chi connectivity index (χ0) is 20.4. The van der Waals surface area contributed by atoms with E-state index in [0.29, 0.717) is 30.6 Å². The normalized spacial score (nSPS) is 24.8. The molecule has 1 aliphatic heterocycles. The van der Waals surface area contributed by atoms with Crippen molar-refractivity contribution in [3.8, 4) is 0 Å². The predicted octanol–water partition coefficient (Wildman–Crippen LogP) is 2.16. The topological polar surface area (TPSA) is 101 Å². The monoisotopic (exact) mass is 388 g/mol. The molecule has 7 nitrogen and oxygen atoms in total. The van der Waals surface area contributed by atoms with Gasteiger partial charge in [0.1, 0.15) is 11.2 Å². The van der Waals surface area contributed by atoms with Gasteiger partial charge in [0, 0.05) is 30.9 Å². The van der Waals surface area contributed by atoms with Gasteiger partial charge >= 0.3 is 5.97 Å².